The van der Waals surface area contributed by atoms with Crippen LogP contribution in [-0.4, -0.2) is 70.4 Å². The lowest BCUT2D eigenvalue weighted by atomic mass is 9.73. The molecular weight excluding hydrogens is 545 g/mol. The zero-order valence-corrected chi connectivity index (χ0v) is 25.0. The molecule has 0 saturated heterocycles. The summed E-state index contributed by atoms with van der Waals surface area (Å²) >= 11 is 1.44. The molecule has 7 nitrogen and oxygen atoms in total. The first-order valence-corrected chi connectivity index (χ1v) is 14.1. The van der Waals surface area contributed by atoms with E-state index in [9.17, 15) is 33.0 Å². The molecule has 11 heteroatoms. The normalized spacial score (nSPS) is 28.0. The quantitative estimate of drug-likeness (QED) is 0.363. The maximum absolute atomic E-state index is 13.9. The highest BCUT2D eigenvalue weighted by Gasteiger charge is 2.42. The summed E-state index contributed by atoms with van der Waals surface area (Å²) in [6, 6.07) is 0. The van der Waals surface area contributed by atoms with Gasteiger partial charge in [-0.2, -0.15) is 13.2 Å². The molecule has 0 spiro atoms. The number of ether oxygens (including phenoxy) is 1. The number of allylic oxidation sites excluding steroid dienone is 2. The number of aromatic nitrogens is 1. The van der Waals surface area contributed by atoms with E-state index in [1.807, 2.05) is 24.4 Å². The van der Waals surface area contributed by atoms with Crippen LogP contribution in [0.25, 0.3) is 6.08 Å². The summed E-state index contributed by atoms with van der Waals surface area (Å²) in [5, 5.41) is 24.2. The molecule has 0 amide bonds. The van der Waals surface area contributed by atoms with Crippen molar-refractivity contribution in [2.24, 2.45) is 17.3 Å². The van der Waals surface area contributed by atoms with E-state index in [2.05, 4.69) is 4.98 Å². The molecule has 5 atom stereocenters. The van der Waals surface area contributed by atoms with Crippen molar-refractivity contribution >= 4 is 29.2 Å². The Morgan fingerprint density at radius 2 is 1.90 bits per heavy atom. The van der Waals surface area contributed by atoms with Crippen molar-refractivity contribution in [2.75, 3.05) is 14.1 Å². The fraction of sp³-hybridized carbons (Fsp3) is 0.621. The molecule has 1 unspecified atom stereocenters. The van der Waals surface area contributed by atoms with Gasteiger partial charge in [0, 0.05) is 35.8 Å². The van der Waals surface area contributed by atoms with Crippen LogP contribution in [0.15, 0.2) is 34.8 Å². The van der Waals surface area contributed by atoms with E-state index >= 15 is 0 Å². The number of nitrogens with zero attached hydrogens (tertiary/aromatic N) is 2. The van der Waals surface area contributed by atoms with Crippen LogP contribution in [-0.2, 0) is 20.9 Å². The Kier molecular flexibility index (Phi) is 11.9. The highest BCUT2D eigenvalue weighted by Crippen LogP contribution is 2.33. The average molecular weight is 587 g/mol. The van der Waals surface area contributed by atoms with Crippen LogP contribution >= 0.6 is 11.3 Å². The molecule has 2 heterocycles. The fourth-order valence-electron chi connectivity index (χ4n) is 4.46. The molecule has 0 fully saturated rings. The van der Waals surface area contributed by atoms with Crippen LogP contribution in [0.3, 0.4) is 0 Å². The van der Waals surface area contributed by atoms with Crippen molar-refractivity contribution in [3.63, 3.8) is 0 Å². The highest BCUT2D eigenvalue weighted by molar-refractivity contribution is 7.09. The number of hydrogen-bond donors (Lipinski definition) is 2. The smallest absolute Gasteiger partial charge is 0.412 e. The van der Waals surface area contributed by atoms with Gasteiger partial charge in [-0.3, -0.25) is 9.59 Å². The number of esters is 1. The van der Waals surface area contributed by atoms with Gasteiger partial charge in [-0.1, -0.05) is 45.9 Å². The number of thiazole rings is 1. The predicted octanol–water partition coefficient (Wildman–Crippen LogP) is 5.34. The van der Waals surface area contributed by atoms with Crippen molar-refractivity contribution < 1.29 is 37.7 Å². The molecule has 1 aromatic rings. The number of cyclic esters (lactones) is 1. The first-order chi connectivity index (χ1) is 18.4. The lowest BCUT2D eigenvalue weighted by molar-refractivity contribution is -0.154. The van der Waals surface area contributed by atoms with E-state index < -0.39 is 71.9 Å². The molecule has 1 aliphatic rings. The number of carbonyl (C=O) groups is 2. The van der Waals surface area contributed by atoms with Gasteiger partial charge in [0.25, 0.3) is 0 Å². The third-order valence-corrected chi connectivity index (χ3v) is 8.04. The summed E-state index contributed by atoms with van der Waals surface area (Å²) in [6.45, 7) is 8.38. The second kappa shape index (κ2) is 14.0. The molecular formula is C29H41F3N2O5S. The van der Waals surface area contributed by atoms with Gasteiger partial charge in [0.2, 0.25) is 0 Å². The van der Waals surface area contributed by atoms with Crippen LogP contribution in [0.1, 0.15) is 64.6 Å². The Morgan fingerprint density at radius 3 is 2.50 bits per heavy atom. The second-order valence-corrected chi connectivity index (χ2v) is 12.3. The van der Waals surface area contributed by atoms with Crippen LogP contribution < -0.4 is 0 Å². The largest absolute Gasteiger partial charge is 0.457 e. The van der Waals surface area contributed by atoms with Crippen molar-refractivity contribution in [3.8, 4) is 0 Å². The minimum absolute atomic E-state index is 0.251. The zero-order valence-electron chi connectivity index (χ0n) is 24.2. The number of hydrogen-bond acceptors (Lipinski definition) is 8. The molecule has 2 rings (SSSR count). The number of Topliss-reactive ketones (excluding diaryl/α,β-unsaturated/α-hetero) is 1. The Bertz CT molecular complexity index is 1120. The summed E-state index contributed by atoms with van der Waals surface area (Å²) in [5.74, 6) is -2.87. The molecule has 40 heavy (non-hydrogen) atoms. The number of halogens is 3. The van der Waals surface area contributed by atoms with Gasteiger partial charge in [-0.15, -0.1) is 11.3 Å². The summed E-state index contributed by atoms with van der Waals surface area (Å²) in [5.41, 5.74) is -1.12. The zero-order chi connectivity index (χ0) is 30.4. The van der Waals surface area contributed by atoms with Crippen molar-refractivity contribution in [3.05, 3.63) is 45.5 Å². The predicted molar refractivity (Wildman–Crippen MR) is 149 cm³/mol. The van der Waals surface area contributed by atoms with Crippen molar-refractivity contribution in [1.29, 1.82) is 0 Å². The van der Waals surface area contributed by atoms with Gasteiger partial charge in [-0.25, -0.2) is 4.98 Å². The number of rotatable bonds is 4. The van der Waals surface area contributed by atoms with Gasteiger partial charge >= 0.3 is 12.1 Å². The molecule has 0 saturated carbocycles. The average Bonchev–Trinajstić information content (AvgIpc) is 3.27. The van der Waals surface area contributed by atoms with Crippen LogP contribution in [0.2, 0.25) is 0 Å². The van der Waals surface area contributed by atoms with E-state index in [0.717, 1.165) is 11.1 Å². The minimum Gasteiger partial charge on any atom is -0.457 e. The fourth-order valence-corrected chi connectivity index (χ4v) is 5.32. The van der Waals surface area contributed by atoms with Gasteiger partial charge < -0.3 is 19.8 Å². The molecule has 0 aliphatic carbocycles. The molecule has 0 bridgehead atoms. The van der Waals surface area contributed by atoms with E-state index in [-0.39, 0.29) is 6.42 Å². The third kappa shape index (κ3) is 9.36. The van der Waals surface area contributed by atoms with Gasteiger partial charge in [0.15, 0.2) is 0 Å². The van der Waals surface area contributed by atoms with E-state index in [1.165, 1.54) is 44.3 Å². The lowest BCUT2D eigenvalue weighted by Gasteiger charge is -2.34. The Balaban J connectivity index is 2.49. The number of ketones is 1. The van der Waals surface area contributed by atoms with Crippen LogP contribution in [0.4, 0.5) is 13.2 Å². The number of alkyl halides is 3. The van der Waals surface area contributed by atoms with Crippen molar-refractivity contribution in [1.82, 2.24) is 9.88 Å². The van der Waals surface area contributed by atoms with Crippen LogP contribution in [0.5, 0.6) is 0 Å². The van der Waals surface area contributed by atoms with E-state index in [4.69, 9.17) is 4.74 Å². The molecule has 2 N–H and O–H groups in total. The maximum atomic E-state index is 13.9. The van der Waals surface area contributed by atoms with Gasteiger partial charge in [-0.05, 0) is 39.1 Å². The minimum atomic E-state index is -4.62. The summed E-state index contributed by atoms with van der Waals surface area (Å²) in [6.07, 6.45) is -4.07. The highest BCUT2D eigenvalue weighted by atomic mass is 32.1. The Hall–Kier alpha value is -2.34. The van der Waals surface area contributed by atoms with Crippen molar-refractivity contribution in [2.45, 2.75) is 84.9 Å². The second-order valence-electron chi connectivity index (χ2n) is 11.3. The molecule has 1 aromatic heterocycles. The topological polar surface area (TPSA) is 100.0 Å². The third-order valence-electron chi connectivity index (χ3n) is 7.19. The standard InChI is InChI=1S/C29H41F3N2O5S/c1-17-9-8-10-20(29(30,31)32)11-12-22(18(2)13-21-16-40-24(33-21)15-34(6)7)39-25(36)14-23(35)28(4,5)27(38)19(3)26(17)37/h8-9,11,13,16-17,19,22-23,26,35,37H,10,12,14-15H2,1-7H3/t17-,19+,22?,23-,26-/m0/s1. The number of aliphatic hydroxyl groups is 2. The monoisotopic (exact) mass is 586 g/mol. The summed E-state index contributed by atoms with van der Waals surface area (Å²) < 4.78 is 47.1. The summed E-state index contributed by atoms with van der Waals surface area (Å²) in [7, 11) is 3.82. The summed E-state index contributed by atoms with van der Waals surface area (Å²) in [4.78, 5) is 32.6. The number of carbonyl (C=O) groups excluding carboxylic acids is 2. The first-order valence-electron chi connectivity index (χ1n) is 13.2. The van der Waals surface area contributed by atoms with E-state index in [0.29, 0.717) is 17.8 Å². The molecule has 0 radical (unpaired) electrons. The van der Waals surface area contributed by atoms with Gasteiger partial charge in [0.05, 0.1) is 29.7 Å². The molecule has 1 aliphatic heterocycles. The maximum Gasteiger partial charge on any atom is 0.412 e. The van der Waals surface area contributed by atoms with Crippen LogP contribution in [0, 0.1) is 17.3 Å². The Morgan fingerprint density at radius 1 is 1.25 bits per heavy atom. The van der Waals surface area contributed by atoms with E-state index in [1.54, 1.807) is 19.9 Å². The number of aliphatic hydroxyl groups excluding tert-OH is 2. The SMILES string of the molecule is CC(=Cc1csc(CN(C)C)n1)C1CC=C(C(F)(F)F)CC=C[C@H](C)[C@H](O)[C@@H](C)C(=O)C(C)(C)[C@@H](O)CC(=O)O1. The first kappa shape index (κ1) is 33.9. The lowest BCUT2D eigenvalue weighted by Crippen LogP contribution is -2.45. The Labute approximate surface area is 238 Å². The van der Waals surface area contributed by atoms with Gasteiger partial charge in [0.1, 0.15) is 16.9 Å². The molecule has 224 valence electrons. The molecule has 0 aromatic carbocycles.